The van der Waals surface area contributed by atoms with E-state index in [0.717, 1.165) is 23.9 Å². The normalized spacial score (nSPS) is 18.4. The van der Waals surface area contributed by atoms with Crippen molar-refractivity contribution >= 4 is 20.8 Å². The van der Waals surface area contributed by atoms with E-state index in [9.17, 15) is 8.42 Å². The molecule has 0 radical (unpaired) electrons. The Kier molecular flexibility index (Phi) is 5.73. The molecule has 1 fully saturated rings. The molecule has 1 atom stereocenters. The lowest BCUT2D eigenvalue weighted by molar-refractivity contribution is -0.0276. The molecule has 1 heterocycles. The molecule has 5 nitrogen and oxygen atoms in total. The van der Waals surface area contributed by atoms with E-state index in [1.807, 2.05) is 48.5 Å². The van der Waals surface area contributed by atoms with Crippen LogP contribution in [-0.2, 0) is 21.3 Å². The van der Waals surface area contributed by atoms with Gasteiger partial charge in [0.05, 0.1) is 17.6 Å². The van der Waals surface area contributed by atoms with Crippen LogP contribution < -0.4 is 4.72 Å². The molecule has 1 aliphatic rings. The highest BCUT2D eigenvalue weighted by molar-refractivity contribution is 7.89. The first kappa shape index (κ1) is 19.1. The molecule has 1 saturated heterocycles. The number of benzene rings is 3. The van der Waals surface area contributed by atoms with Crippen LogP contribution in [0.2, 0.25) is 0 Å². The first-order valence-electron chi connectivity index (χ1n) is 9.46. The van der Waals surface area contributed by atoms with E-state index in [2.05, 4.69) is 21.8 Å². The molecule has 3 aromatic rings. The second-order valence-electron chi connectivity index (χ2n) is 7.07. The van der Waals surface area contributed by atoms with Gasteiger partial charge in [-0.3, -0.25) is 4.90 Å². The number of nitrogens with zero attached hydrogens (tertiary/aromatic N) is 1. The lowest BCUT2D eigenvalue weighted by Gasteiger charge is -2.33. The highest BCUT2D eigenvalue weighted by atomic mass is 32.2. The standard InChI is InChI=1S/C22H24N2O3S/c25-28(26,22-11-10-19-8-4-5-9-20(19)14-22)23-15-21-17-24(12-13-27-21)16-18-6-2-1-3-7-18/h1-11,14,21,23H,12-13,15-17H2/t21-/m0/s1. The summed E-state index contributed by atoms with van der Waals surface area (Å²) in [6.07, 6.45) is -0.160. The maximum absolute atomic E-state index is 12.7. The summed E-state index contributed by atoms with van der Waals surface area (Å²) in [6, 6.07) is 23.2. The van der Waals surface area contributed by atoms with Crippen LogP contribution in [0.5, 0.6) is 0 Å². The quantitative estimate of drug-likeness (QED) is 0.696. The molecular formula is C22H24N2O3S. The van der Waals surface area contributed by atoms with Crippen molar-refractivity contribution in [2.45, 2.75) is 17.5 Å². The smallest absolute Gasteiger partial charge is 0.240 e. The van der Waals surface area contributed by atoms with E-state index in [-0.39, 0.29) is 17.5 Å². The zero-order chi connectivity index (χ0) is 19.4. The van der Waals surface area contributed by atoms with Crippen molar-refractivity contribution in [3.8, 4) is 0 Å². The fraction of sp³-hybridized carbons (Fsp3) is 0.273. The van der Waals surface area contributed by atoms with Gasteiger partial charge in [0.15, 0.2) is 0 Å². The largest absolute Gasteiger partial charge is 0.374 e. The second-order valence-corrected chi connectivity index (χ2v) is 8.84. The number of nitrogens with one attached hydrogen (secondary N) is 1. The lowest BCUT2D eigenvalue weighted by atomic mass is 10.1. The second kappa shape index (κ2) is 8.41. The molecule has 0 saturated carbocycles. The SMILES string of the molecule is O=S(=O)(NC[C@H]1CN(Cc2ccccc2)CCO1)c1ccc2ccccc2c1. The molecule has 0 amide bonds. The van der Waals surface area contributed by atoms with Crippen LogP contribution in [-0.4, -0.2) is 45.7 Å². The van der Waals surface area contributed by atoms with E-state index in [1.54, 1.807) is 12.1 Å². The van der Waals surface area contributed by atoms with Crippen LogP contribution in [0.3, 0.4) is 0 Å². The van der Waals surface area contributed by atoms with Gasteiger partial charge in [-0.15, -0.1) is 0 Å². The highest BCUT2D eigenvalue weighted by Crippen LogP contribution is 2.19. The number of hydrogen-bond donors (Lipinski definition) is 1. The van der Waals surface area contributed by atoms with E-state index in [1.165, 1.54) is 5.56 Å². The molecule has 3 aromatic carbocycles. The number of rotatable bonds is 6. The molecular weight excluding hydrogens is 372 g/mol. The summed E-state index contributed by atoms with van der Waals surface area (Å²) in [5, 5.41) is 1.93. The van der Waals surface area contributed by atoms with Crippen LogP contribution in [0.15, 0.2) is 77.7 Å². The van der Waals surface area contributed by atoms with Crippen molar-refractivity contribution in [3.63, 3.8) is 0 Å². The summed E-state index contributed by atoms with van der Waals surface area (Å²) in [7, 11) is -3.58. The Morgan fingerprint density at radius 1 is 0.964 bits per heavy atom. The fourth-order valence-electron chi connectivity index (χ4n) is 3.51. The number of morpholine rings is 1. The maximum atomic E-state index is 12.7. The van der Waals surface area contributed by atoms with E-state index >= 15 is 0 Å². The predicted molar refractivity (Wildman–Crippen MR) is 111 cm³/mol. The van der Waals surface area contributed by atoms with Crippen molar-refractivity contribution in [2.24, 2.45) is 0 Å². The van der Waals surface area contributed by atoms with Gasteiger partial charge in [0.1, 0.15) is 0 Å². The van der Waals surface area contributed by atoms with Crippen molar-refractivity contribution < 1.29 is 13.2 Å². The van der Waals surface area contributed by atoms with Crippen LogP contribution in [0, 0.1) is 0 Å². The summed E-state index contributed by atoms with van der Waals surface area (Å²) in [5.74, 6) is 0. The topological polar surface area (TPSA) is 58.6 Å². The van der Waals surface area contributed by atoms with Crippen LogP contribution in [0.1, 0.15) is 5.56 Å². The first-order chi connectivity index (χ1) is 13.6. The molecule has 0 bridgehead atoms. The molecule has 4 rings (SSSR count). The first-order valence-corrected chi connectivity index (χ1v) is 10.9. The third-order valence-electron chi connectivity index (χ3n) is 5.00. The summed E-state index contributed by atoms with van der Waals surface area (Å²) in [4.78, 5) is 2.58. The Bertz CT molecular complexity index is 1040. The van der Waals surface area contributed by atoms with Crippen molar-refractivity contribution in [1.82, 2.24) is 9.62 Å². The van der Waals surface area contributed by atoms with Gasteiger partial charge in [0.25, 0.3) is 0 Å². The van der Waals surface area contributed by atoms with Crippen molar-refractivity contribution in [1.29, 1.82) is 0 Å². The molecule has 1 N–H and O–H groups in total. The van der Waals surface area contributed by atoms with Gasteiger partial charge in [0, 0.05) is 26.2 Å². The van der Waals surface area contributed by atoms with Crippen molar-refractivity contribution in [2.75, 3.05) is 26.2 Å². The molecule has 28 heavy (non-hydrogen) atoms. The molecule has 0 aliphatic carbocycles. The molecule has 1 aliphatic heterocycles. The molecule has 0 aromatic heterocycles. The molecule has 0 unspecified atom stereocenters. The Morgan fingerprint density at radius 2 is 1.71 bits per heavy atom. The van der Waals surface area contributed by atoms with Crippen LogP contribution in [0.25, 0.3) is 10.8 Å². The molecule has 146 valence electrons. The number of ether oxygens (including phenoxy) is 1. The monoisotopic (exact) mass is 396 g/mol. The maximum Gasteiger partial charge on any atom is 0.240 e. The van der Waals surface area contributed by atoms with Crippen molar-refractivity contribution in [3.05, 3.63) is 78.4 Å². The highest BCUT2D eigenvalue weighted by Gasteiger charge is 2.23. The van der Waals surface area contributed by atoms with Gasteiger partial charge in [-0.2, -0.15) is 0 Å². The number of fused-ring (bicyclic) bond motifs is 1. The Hall–Kier alpha value is -2.25. The van der Waals surface area contributed by atoms with Gasteiger partial charge in [-0.25, -0.2) is 13.1 Å². The lowest BCUT2D eigenvalue weighted by Crippen LogP contribution is -2.47. The van der Waals surface area contributed by atoms with E-state index in [4.69, 9.17) is 4.74 Å². The van der Waals surface area contributed by atoms with Gasteiger partial charge < -0.3 is 4.74 Å². The fourth-order valence-corrected chi connectivity index (χ4v) is 4.61. The summed E-state index contributed by atoms with van der Waals surface area (Å²) in [5.41, 5.74) is 1.25. The number of sulfonamides is 1. The van der Waals surface area contributed by atoms with Crippen LogP contribution >= 0.6 is 0 Å². The third kappa shape index (κ3) is 4.59. The minimum absolute atomic E-state index is 0.160. The summed E-state index contributed by atoms with van der Waals surface area (Å²) < 4.78 is 33.9. The average molecular weight is 397 g/mol. The van der Waals surface area contributed by atoms with E-state index < -0.39 is 10.0 Å². The average Bonchev–Trinajstić information content (AvgIpc) is 2.73. The molecule has 6 heteroatoms. The number of hydrogen-bond acceptors (Lipinski definition) is 4. The summed E-state index contributed by atoms with van der Waals surface area (Å²) >= 11 is 0. The predicted octanol–water partition coefficient (Wildman–Crippen LogP) is 3.02. The van der Waals surface area contributed by atoms with Gasteiger partial charge >= 0.3 is 0 Å². The Morgan fingerprint density at radius 3 is 2.54 bits per heavy atom. The zero-order valence-corrected chi connectivity index (χ0v) is 16.4. The van der Waals surface area contributed by atoms with Gasteiger partial charge in [-0.05, 0) is 28.5 Å². The minimum atomic E-state index is -3.58. The molecule has 0 spiro atoms. The van der Waals surface area contributed by atoms with E-state index in [0.29, 0.717) is 13.2 Å². The van der Waals surface area contributed by atoms with Gasteiger partial charge in [0.2, 0.25) is 10.0 Å². The van der Waals surface area contributed by atoms with Crippen LogP contribution in [0.4, 0.5) is 0 Å². The minimum Gasteiger partial charge on any atom is -0.374 e. The van der Waals surface area contributed by atoms with Gasteiger partial charge in [-0.1, -0.05) is 60.7 Å². The third-order valence-corrected chi connectivity index (χ3v) is 6.43. The summed E-state index contributed by atoms with van der Waals surface area (Å²) in [6.45, 7) is 3.27. The zero-order valence-electron chi connectivity index (χ0n) is 15.6. The Balaban J connectivity index is 1.38. The Labute approximate surface area is 166 Å².